The van der Waals surface area contributed by atoms with Crippen LogP contribution in [0.2, 0.25) is 0 Å². The van der Waals surface area contributed by atoms with Crippen LogP contribution in [0.1, 0.15) is 31.4 Å². The third-order valence-electron chi connectivity index (χ3n) is 5.32. The first kappa shape index (κ1) is 18.1. The normalized spacial score (nSPS) is 20.6. The first-order valence-corrected chi connectivity index (χ1v) is 9.58. The maximum atomic E-state index is 13.9. The molecule has 5 nitrogen and oxygen atoms in total. The molecule has 0 spiro atoms. The Morgan fingerprint density at radius 1 is 1.22 bits per heavy atom. The van der Waals surface area contributed by atoms with Gasteiger partial charge in [-0.2, -0.15) is 5.10 Å². The van der Waals surface area contributed by atoms with Gasteiger partial charge in [-0.25, -0.2) is 13.5 Å². The summed E-state index contributed by atoms with van der Waals surface area (Å²) in [7, 11) is 0. The van der Waals surface area contributed by atoms with Crippen molar-refractivity contribution in [1.29, 1.82) is 0 Å². The number of rotatable bonds is 6. The second-order valence-corrected chi connectivity index (χ2v) is 7.61. The minimum Gasteiger partial charge on any atom is -0.356 e. The summed E-state index contributed by atoms with van der Waals surface area (Å²) in [6.45, 7) is 3.06. The number of aromatic nitrogens is 2. The minimum atomic E-state index is -0.643. The third kappa shape index (κ3) is 4.53. The Morgan fingerprint density at radius 2 is 2.07 bits per heavy atom. The highest BCUT2D eigenvalue weighted by Gasteiger charge is 2.28. The number of nitrogens with zero attached hydrogens (tertiary/aromatic N) is 3. The molecule has 2 fully saturated rings. The molecule has 144 valence electrons. The standard InChI is InChI=1S/C20H24F2N4O/c21-16-5-6-19(18(22)10-16)26-9-7-17(24-26)13-25-8-1-2-15(12-25)20(27)23-11-14-3-4-14/h5-7,9-10,14-15H,1-4,8,11-13H2,(H,23,27)/t15-/m0/s1. The number of carbonyl (C=O) groups excluding carboxylic acids is 1. The highest BCUT2D eigenvalue weighted by Crippen LogP contribution is 2.28. The van der Waals surface area contributed by atoms with Crippen molar-refractivity contribution in [2.45, 2.75) is 32.2 Å². The second kappa shape index (κ2) is 7.76. The van der Waals surface area contributed by atoms with Crippen LogP contribution < -0.4 is 5.32 Å². The van der Waals surface area contributed by atoms with Crippen molar-refractivity contribution in [3.63, 3.8) is 0 Å². The van der Waals surface area contributed by atoms with Crippen LogP contribution in [0.15, 0.2) is 30.5 Å². The molecular weight excluding hydrogens is 350 g/mol. The number of nitrogens with one attached hydrogen (secondary N) is 1. The van der Waals surface area contributed by atoms with Gasteiger partial charge in [0.05, 0.1) is 11.6 Å². The molecule has 7 heteroatoms. The van der Waals surface area contributed by atoms with E-state index in [0.29, 0.717) is 19.0 Å². The Kier molecular flexibility index (Phi) is 5.20. The highest BCUT2D eigenvalue weighted by molar-refractivity contribution is 5.79. The van der Waals surface area contributed by atoms with Crippen molar-refractivity contribution in [3.05, 3.63) is 47.8 Å². The number of piperidine rings is 1. The molecule has 2 heterocycles. The molecule has 1 amide bonds. The van der Waals surface area contributed by atoms with Gasteiger partial charge in [0.15, 0.2) is 5.82 Å². The fraction of sp³-hybridized carbons (Fsp3) is 0.500. The molecule has 1 aliphatic carbocycles. The summed E-state index contributed by atoms with van der Waals surface area (Å²) in [6, 6.07) is 5.28. The van der Waals surface area contributed by atoms with Gasteiger partial charge >= 0.3 is 0 Å². The van der Waals surface area contributed by atoms with E-state index < -0.39 is 11.6 Å². The maximum Gasteiger partial charge on any atom is 0.224 e. The molecule has 1 aromatic heterocycles. The smallest absolute Gasteiger partial charge is 0.224 e. The summed E-state index contributed by atoms with van der Waals surface area (Å²) in [5.74, 6) is -0.387. The summed E-state index contributed by atoms with van der Waals surface area (Å²) in [6.07, 6.45) is 6.04. The molecule has 1 atom stereocenters. The first-order valence-electron chi connectivity index (χ1n) is 9.58. The predicted molar refractivity (Wildman–Crippen MR) is 97.2 cm³/mol. The lowest BCUT2D eigenvalue weighted by Gasteiger charge is -2.31. The van der Waals surface area contributed by atoms with Crippen molar-refractivity contribution in [2.75, 3.05) is 19.6 Å². The Morgan fingerprint density at radius 3 is 2.85 bits per heavy atom. The van der Waals surface area contributed by atoms with Crippen molar-refractivity contribution in [3.8, 4) is 5.69 Å². The molecule has 1 aromatic carbocycles. The van der Waals surface area contributed by atoms with Crippen molar-refractivity contribution < 1.29 is 13.6 Å². The molecule has 0 radical (unpaired) electrons. The van der Waals surface area contributed by atoms with E-state index in [4.69, 9.17) is 0 Å². The first-order chi connectivity index (χ1) is 13.1. The van der Waals surface area contributed by atoms with Crippen LogP contribution in [-0.2, 0) is 11.3 Å². The van der Waals surface area contributed by atoms with Gasteiger partial charge in [0.25, 0.3) is 0 Å². The van der Waals surface area contributed by atoms with Gasteiger partial charge < -0.3 is 5.32 Å². The van der Waals surface area contributed by atoms with Crippen LogP contribution in [0.4, 0.5) is 8.78 Å². The number of hydrogen-bond acceptors (Lipinski definition) is 3. The van der Waals surface area contributed by atoms with E-state index in [9.17, 15) is 13.6 Å². The predicted octanol–water partition coefficient (Wildman–Crippen LogP) is 2.89. The van der Waals surface area contributed by atoms with Crippen LogP contribution in [0, 0.1) is 23.5 Å². The zero-order chi connectivity index (χ0) is 18.8. The third-order valence-corrected chi connectivity index (χ3v) is 5.32. The average molecular weight is 374 g/mol. The van der Waals surface area contributed by atoms with E-state index in [1.54, 1.807) is 6.20 Å². The molecule has 0 unspecified atom stereocenters. The van der Waals surface area contributed by atoms with Gasteiger partial charge in [-0.15, -0.1) is 0 Å². The zero-order valence-corrected chi connectivity index (χ0v) is 15.2. The van der Waals surface area contributed by atoms with Crippen LogP contribution in [0.25, 0.3) is 5.69 Å². The van der Waals surface area contributed by atoms with Crippen molar-refractivity contribution >= 4 is 5.91 Å². The number of carbonyl (C=O) groups is 1. The number of amides is 1. The molecule has 1 saturated carbocycles. The number of halogens is 2. The monoisotopic (exact) mass is 374 g/mol. The van der Waals surface area contributed by atoms with Gasteiger partial charge in [-0.1, -0.05) is 0 Å². The van der Waals surface area contributed by atoms with Crippen LogP contribution in [0.5, 0.6) is 0 Å². The van der Waals surface area contributed by atoms with E-state index in [-0.39, 0.29) is 17.5 Å². The average Bonchev–Trinajstić information content (AvgIpc) is 3.38. The van der Waals surface area contributed by atoms with Gasteiger partial charge in [0, 0.05) is 31.9 Å². The highest BCUT2D eigenvalue weighted by atomic mass is 19.1. The fourth-order valence-electron chi connectivity index (χ4n) is 3.60. The fourth-order valence-corrected chi connectivity index (χ4v) is 3.60. The minimum absolute atomic E-state index is 0.0223. The molecular formula is C20H24F2N4O. The van der Waals surface area contributed by atoms with Crippen LogP contribution in [-0.4, -0.2) is 40.2 Å². The lowest BCUT2D eigenvalue weighted by molar-refractivity contribution is -0.126. The van der Waals surface area contributed by atoms with E-state index in [1.807, 2.05) is 6.07 Å². The largest absolute Gasteiger partial charge is 0.356 e. The molecule has 2 aliphatic rings. The molecule has 2 aromatic rings. The summed E-state index contributed by atoms with van der Waals surface area (Å²) < 4.78 is 28.4. The Labute approximate surface area is 157 Å². The Hall–Kier alpha value is -2.28. The summed E-state index contributed by atoms with van der Waals surface area (Å²) in [4.78, 5) is 14.6. The van der Waals surface area contributed by atoms with E-state index >= 15 is 0 Å². The van der Waals surface area contributed by atoms with E-state index in [2.05, 4.69) is 15.3 Å². The quantitative estimate of drug-likeness (QED) is 0.846. The lowest BCUT2D eigenvalue weighted by Crippen LogP contribution is -2.43. The topological polar surface area (TPSA) is 50.2 Å². The van der Waals surface area contributed by atoms with Gasteiger partial charge in [-0.05, 0) is 56.3 Å². The molecule has 4 rings (SSSR count). The SMILES string of the molecule is O=C(NCC1CC1)[C@H]1CCCN(Cc2ccn(-c3ccc(F)cc3F)n2)C1. The summed E-state index contributed by atoms with van der Waals surface area (Å²) in [5, 5.41) is 7.49. The maximum absolute atomic E-state index is 13.9. The van der Waals surface area contributed by atoms with E-state index in [1.165, 1.54) is 29.7 Å². The van der Waals surface area contributed by atoms with Gasteiger partial charge in [0.2, 0.25) is 5.91 Å². The van der Waals surface area contributed by atoms with Crippen molar-refractivity contribution in [2.24, 2.45) is 11.8 Å². The molecule has 27 heavy (non-hydrogen) atoms. The van der Waals surface area contributed by atoms with Gasteiger partial charge in [-0.3, -0.25) is 9.69 Å². The summed E-state index contributed by atoms with van der Waals surface area (Å²) >= 11 is 0. The van der Waals surface area contributed by atoms with Gasteiger partial charge in [0.1, 0.15) is 11.5 Å². The summed E-state index contributed by atoms with van der Waals surface area (Å²) in [5.41, 5.74) is 1.02. The molecule has 0 bridgehead atoms. The molecule has 1 aliphatic heterocycles. The Bertz CT molecular complexity index is 818. The number of likely N-dealkylation sites (tertiary alicyclic amines) is 1. The van der Waals surface area contributed by atoms with Crippen LogP contribution >= 0.6 is 0 Å². The zero-order valence-electron chi connectivity index (χ0n) is 15.2. The lowest BCUT2D eigenvalue weighted by atomic mass is 9.97. The number of hydrogen-bond donors (Lipinski definition) is 1. The number of benzene rings is 1. The van der Waals surface area contributed by atoms with Crippen LogP contribution in [0.3, 0.4) is 0 Å². The Balaban J connectivity index is 1.36. The van der Waals surface area contributed by atoms with E-state index in [0.717, 1.165) is 37.7 Å². The molecule has 1 saturated heterocycles. The van der Waals surface area contributed by atoms with Crippen molar-refractivity contribution in [1.82, 2.24) is 20.0 Å². The molecule has 1 N–H and O–H groups in total. The second-order valence-electron chi connectivity index (χ2n) is 7.61.